The minimum absolute atomic E-state index is 0.146. The number of nitrogens with zero attached hydrogens (tertiary/aromatic N) is 2. The van der Waals surface area contributed by atoms with E-state index in [1.54, 1.807) is 19.2 Å². The van der Waals surface area contributed by atoms with Crippen LogP contribution in [0.4, 0.5) is 8.78 Å². The molecular weight excluding hydrogens is 270 g/mol. The van der Waals surface area contributed by atoms with Gasteiger partial charge in [-0.15, -0.1) is 0 Å². The number of rotatable bonds is 4. The molecule has 0 radical (unpaired) electrons. The van der Waals surface area contributed by atoms with E-state index in [2.05, 4.69) is 9.97 Å². The zero-order valence-electron chi connectivity index (χ0n) is 10.0. The summed E-state index contributed by atoms with van der Waals surface area (Å²) in [4.78, 5) is 19.8. The lowest BCUT2D eigenvalue weighted by molar-refractivity contribution is 0.0993. The Kier molecular flexibility index (Phi) is 4.21. The third kappa shape index (κ3) is 3.35. The molecule has 19 heavy (non-hydrogen) atoms. The zero-order valence-corrected chi connectivity index (χ0v) is 10.8. The van der Waals surface area contributed by atoms with Crippen molar-refractivity contribution in [3.05, 3.63) is 54.0 Å². The molecule has 3 nitrogen and oxygen atoms in total. The maximum Gasteiger partial charge on any atom is 0.176 e. The molecule has 0 bridgehead atoms. The van der Waals surface area contributed by atoms with Gasteiger partial charge in [-0.1, -0.05) is 11.8 Å². The number of hydrogen-bond donors (Lipinski definition) is 0. The van der Waals surface area contributed by atoms with Gasteiger partial charge in [0.2, 0.25) is 0 Å². The van der Waals surface area contributed by atoms with Gasteiger partial charge in [0.15, 0.2) is 17.4 Å². The smallest absolute Gasteiger partial charge is 0.176 e. The largest absolute Gasteiger partial charge is 0.293 e. The summed E-state index contributed by atoms with van der Waals surface area (Å²) < 4.78 is 25.9. The molecule has 0 spiro atoms. The number of aromatic nitrogens is 2. The number of carbonyl (C=O) groups is 1. The van der Waals surface area contributed by atoms with Crippen LogP contribution in [0, 0.1) is 11.6 Å². The first-order valence-corrected chi connectivity index (χ1v) is 6.38. The third-order valence-electron chi connectivity index (χ3n) is 2.43. The van der Waals surface area contributed by atoms with E-state index in [-0.39, 0.29) is 11.3 Å². The lowest BCUT2D eigenvalue weighted by Gasteiger charge is -2.09. The summed E-state index contributed by atoms with van der Waals surface area (Å²) in [5, 5.41) is 0.207. The van der Waals surface area contributed by atoms with E-state index in [1.165, 1.54) is 24.2 Å². The summed E-state index contributed by atoms with van der Waals surface area (Å²) in [5.74, 6) is -2.26. The number of thioether (sulfide) groups is 1. The number of carbonyl (C=O) groups excluding carboxylic acids is 1. The molecule has 1 aromatic carbocycles. The summed E-state index contributed by atoms with van der Waals surface area (Å²) in [5.41, 5.74) is 0.146. The first kappa shape index (κ1) is 13.6. The van der Waals surface area contributed by atoms with Crippen LogP contribution in [-0.4, -0.2) is 21.0 Å². The van der Waals surface area contributed by atoms with Gasteiger partial charge in [0.25, 0.3) is 0 Å². The molecule has 2 rings (SSSR count). The highest BCUT2D eigenvalue weighted by atomic mass is 32.2. The fraction of sp³-hybridized carbons (Fsp3) is 0.154. The van der Waals surface area contributed by atoms with Crippen molar-refractivity contribution in [3.63, 3.8) is 0 Å². The second kappa shape index (κ2) is 5.88. The van der Waals surface area contributed by atoms with Gasteiger partial charge in [-0.25, -0.2) is 18.7 Å². The van der Waals surface area contributed by atoms with E-state index in [1.807, 2.05) is 0 Å². The van der Waals surface area contributed by atoms with E-state index in [4.69, 9.17) is 0 Å². The Hall–Kier alpha value is -1.82. The predicted molar refractivity (Wildman–Crippen MR) is 68.0 cm³/mol. The Morgan fingerprint density at radius 3 is 2.68 bits per heavy atom. The Labute approximate surface area is 113 Å². The molecule has 6 heteroatoms. The normalized spacial score (nSPS) is 12.2. The van der Waals surface area contributed by atoms with E-state index in [0.717, 1.165) is 12.1 Å². The van der Waals surface area contributed by atoms with Gasteiger partial charge in [0.1, 0.15) is 11.4 Å². The van der Waals surface area contributed by atoms with Gasteiger partial charge in [0.05, 0.1) is 5.25 Å². The van der Waals surface area contributed by atoms with Crippen molar-refractivity contribution in [2.45, 2.75) is 17.2 Å². The van der Waals surface area contributed by atoms with Crippen molar-refractivity contribution in [2.24, 2.45) is 0 Å². The van der Waals surface area contributed by atoms with Crippen molar-refractivity contribution >= 4 is 17.5 Å². The van der Waals surface area contributed by atoms with Crippen LogP contribution in [0.5, 0.6) is 0 Å². The van der Waals surface area contributed by atoms with Crippen LogP contribution < -0.4 is 0 Å². The summed E-state index contributed by atoms with van der Waals surface area (Å²) in [6, 6.07) is 4.82. The zero-order chi connectivity index (χ0) is 13.8. The van der Waals surface area contributed by atoms with Crippen molar-refractivity contribution < 1.29 is 13.6 Å². The fourth-order valence-corrected chi connectivity index (χ4v) is 2.32. The molecule has 0 N–H and O–H groups in total. The van der Waals surface area contributed by atoms with Crippen LogP contribution in [0.15, 0.2) is 41.8 Å². The minimum Gasteiger partial charge on any atom is -0.293 e. The van der Waals surface area contributed by atoms with Crippen LogP contribution >= 0.6 is 11.8 Å². The number of halogens is 2. The molecule has 0 aliphatic carbocycles. The number of Topliss-reactive ketones (excluding diaryl/α,β-unsaturated/α-hetero) is 1. The second-order valence-corrected chi connectivity index (χ2v) is 5.16. The molecule has 0 saturated carbocycles. The van der Waals surface area contributed by atoms with Gasteiger partial charge in [-0.05, 0) is 31.2 Å². The van der Waals surface area contributed by atoms with Crippen molar-refractivity contribution in [3.8, 4) is 0 Å². The molecule has 1 atom stereocenters. The molecular formula is C13H10F2N2OS. The molecule has 98 valence electrons. The van der Waals surface area contributed by atoms with Gasteiger partial charge in [-0.2, -0.15) is 0 Å². The highest BCUT2D eigenvalue weighted by molar-refractivity contribution is 8.00. The second-order valence-electron chi connectivity index (χ2n) is 3.80. The topological polar surface area (TPSA) is 42.9 Å². The maximum atomic E-state index is 13.1. The van der Waals surface area contributed by atoms with E-state index >= 15 is 0 Å². The van der Waals surface area contributed by atoms with E-state index in [0.29, 0.717) is 5.03 Å². The molecule has 2 aromatic rings. The summed E-state index contributed by atoms with van der Waals surface area (Å²) in [6.45, 7) is 1.69. The lowest BCUT2D eigenvalue weighted by Crippen LogP contribution is -2.14. The van der Waals surface area contributed by atoms with Gasteiger partial charge in [0, 0.05) is 11.8 Å². The molecule has 0 saturated heterocycles. The Morgan fingerprint density at radius 2 is 2.05 bits per heavy atom. The SMILES string of the molecule is CC(Sc1ccncn1)C(=O)c1ccc(F)c(F)c1. The average molecular weight is 280 g/mol. The first-order chi connectivity index (χ1) is 9.08. The van der Waals surface area contributed by atoms with Crippen LogP contribution in [-0.2, 0) is 0 Å². The Bertz CT molecular complexity index is 592. The quantitative estimate of drug-likeness (QED) is 0.490. The Morgan fingerprint density at radius 1 is 1.26 bits per heavy atom. The number of ketones is 1. The molecule has 1 heterocycles. The van der Waals surface area contributed by atoms with Crippen LogP contribution in [0.1, 0.15) is 17.3 Å². The van der Waals surface area contributed by atoms with Crippen LogP contribution in [0.2, 0.25) is 0 Å². The van der Waals surface area contributed by atoms with Gasteiger partial charge >= 0.3 is 0 Å². The van der Waals surface area contributed by atoms with E-state index in [9.17, 15) is 13.6 Å². The monoisotopic (exact) mass is 280 g/mol. The fourth-order valence-electron chi connectivity index (χ4n) is 1.47. The first-order valence-electron chi connectivity index (χ1n) is 5.50. The number of benzene rings is 1. The van der Waals surface area contributed by atoms with Gasteiger partial charge in [-0.3, -0.25) is 4.79 Å². The highest BCUT2D eigenvalue weighted by Gasteiger charge is 2.18. The van der Waals surface area contributed by atoms with Crippen LogP contribution in [0.25, 0.3) is 0 Å². The highest BCUT2D eigenvalue weighted by Crippen LogP contribution is 2.23. The average Bonchev–Trinajstić information content (AvgIpc) is 2.42. The molecule has 0 fully saturated rings. The molecule has 0 aliphatic rings. The molecule has 0 amide bonds. The summed E-state index contributed by atoms with van der Waals surface area (Å²) in [7, 11) is 0. The van der Waals surface area contributed by atoms with Crippen molar-refractivity contribution in [2.75, 3.05) is 0 Å². The van der Waals surface area contributed by atoms with Gasteiger partial charge < -0.3 is 0 Å². The molecule has 1 unspecified atom stereocenters. The standard InChI is InChI=1S/C13H10F2N2OS/c1-8(19-12-4-5-16-7-17-12)13(18)9-2-3-10(14)11(15)6-9/h2-8H,1H3. The number of hydrogen-bond acceptors (Lipinski definition) is 4. The summed E-state index contributed by atoms with van der Waals surface area (Å²) >= 11 is 1.24. The minimum atomic E-state index is -1.02. The maximum absolute atomic E-state index is 13.1. The Balaban J connectivity index is 2.12. The molecule has 1 aromatic heterocycles. The van der Waals surface area contributed by atoms with E-state index < -0.39 is 16.9 Å². The predicted octanol–water partition coefficient (Wildman–Crippen LogP) is 3.12. The van der Waals surface area contributed by atoms with Crippen molar-refractivity contribution in [1.82, 2.24) is 9.97 Å². The van der Waals surface area contributed by atoms with Crippen molar-refractivity contribution in [1.29, 1.82) is 0 Å². The third-order valence-corrected chi connectivity index (χ3v) is 3.48. The summed E-state index contributed by atoms with van der Waals surface area (Å²) in [6.07, 6.45) is 2.96. The van der Waals surface area contributed by atoms with Crippen LogP contribution in [0.3, 0.4) is 0 Å². The molecule has 0 aliphatic heterocycles. The lowest BCUT2D eigenvalue weighted by atomic mass is 10.1.